The van der Waals surface area contributed by atoms with Crippen LogP contribution >= 0.6 is 0 Å². The quantitative estimate of drug-likeness (QED) is 0.0905. The number of ether oxygens (including phenoxy) is 5. The number of fused-ring (bicyclic) bond motifs is 3. The zero-order chi connectivity index (χ0) is 51.0. The van der Waals surface area contributed by atoms with Crippen LogP contribution < -0.4 is 0 Å². The van der Waals surface area contributed by atoms with E-state index in [1.807, 2.05) is 65.0 Å². The third-order valence-corrected chi connectivity index (χ3v) is 15.0. The smallest absolute Gasteiger partial charge is 0.329 e. The molecule has 1 saturated carbocycles. The molecule has 2 bridgehead atoms. The number of hydrogen-bond donors (Lipinski definition) is 4. The number of allylic oxidation sites excluding steroid dienone is 5. The number of rotatable bonds is 7. The Morgan fingerprint density at radius 3 is 2.29 bits per heavy atom. The van der Waals surface area contributed by atoms with Gasteiger partial charge in [-0.3, -0.25) is 14.4 Å². The average molecular weight is 968 g/mol. The first-order chi connectivity index (χ1) is 32.7. The van der Waals surface area contributed by atoms with Gasteiger partial charge in [0, 0.05) is 57.8 Å². The fourth-order valence-corrected chi connectivity index (χ4v) is 10.5. The van der Waals surface area contributed by atoms with Gasteiger partial charge < -0.3 is 49.0 Å². The van der Waals surface area contributed by atoms with Crippen molar-refractivity contribution >= 4 is 23.4 Å². The monoisotopic (exact) mass is 968 g/mol. The van der Waals surface area contributed by atoms with Crippen LogP contribution in [0.3, 0.4) is 0 Å². The fraction of sp³-hybridized carbons (Fsp3) is 0.745. The van der Waals surface area contributed by atoms with Gasteiger partial charge in [-0.15, -0.1) is 5.92 Å². The lowest BCUT2D eigenvalue weighted by molar-refractivity contribution is -0.265. The van der Waals surface area contributed by atoms with Crippen LogP contribution in [0.4, 0.5) is 0 Å². The lowest BCUT2D eigenvalue weighted by atomic mass is 9.78. The molecule has 69 heavy (non-hydrogen) atoms. The molecule has 0 aromatic rings. The number of carbonyl (C=O) groups excluding carboxylic acids is 4. The van der Waals surface area contributed by atoms with Crippen LogP contribution in [0.1, 0.15) is 139 Å². The minimum absolute atomic E-state index is 0.0118. The van der Waals surface area contributed by atoms with Crippen molar-refractivity contribution < 1.29 is 63.3 Å². The number of aliphatic hydroxyl groups excluding tert-OH is 3. The van der Waals surface area contributed by atoms with E-state index in [0.29, 0.717) is 63.4 Å². The molecule has 4 N–H and O–H groups in total. The van der Waals surface area contributed by atoms with Crippen molar-refractivity contribution in [1.29, 1.82) is 0 Å². The van der Waals surface area contributed by atoms with Gasteiger partial charge in [-0.05, 0) is 107 Å². The number of methoxy groups -OCH3 is 2. The topological polar surface area (TPSA) is 199 Å². The molecule has 14 nitrogen and oxygen atoms in total. The van der Waals surface area contributed by atoms with Crippen molar-refractivity contribution in [3.63, 3.8) is 0 Å². The molecule has 0 spiro atoms. The second-order valence-electron chi connectivity index (χ2n) is 20.6. The van der Waals surface area contributed by atoms with Crippen molar-refractivity contribution in [2.45, 2.75) is 200 Å². The van der Waals surface area contributed by atoms with Crippen LogP contribution in [0.25, 0.3) is 0 Å². The highest BCUT2D eigenvalue weighted by molar-refractivity contribution is 6.39. The minimum atomic E-state index is -2.45. The average Bonchev–Trinajstić information content (AvgIpc) is 3.32. The van der Waals surface area contributed by atoms with E-state index in [-0.39, 0.29) is 62.1 Å². The molecule has 2 saturated heterocycles. The number of aliphatic hydroxyl groups is 4. The summed E-state index contributed by atoms with van der Waals surface area (Å²) in [6.07, 6.45) is 11.2. The van der Waals surface area contributed by atoms with E-state index in [1.54, 1.807) is 34.0 Å². The van der Waals surface area contributed by atoms with Crippen LogP contribution in [0.2, 0.25) is 0 Å². The molecule has 1 aliphatic carbocycles. The van der Waals surface area contributed by atoms with Crippen LogP contribution in [0, 0.1) is 47.3 Å². The van der Waals surface area contributed by atoms with Gasteiger partial charge in [-0.2, -0.15) is 0 Å². The number of piperidine rings is 1. The van der Waals surface area contributed by atoms with Gasteiger partial charge in [0.15, 0.2) is 5.78 Å². The first kappa shape index (κ1) is 58.1. The van der Waals surface area contributed by atoms with Gasteiger partial charge in [0.25, 0.3) is 11.7 Å². The summed E-state index contributed by atoms with van der Waals surface area (Å²) in [4.78, 5) is 58.2. The molecule has 4 aliphatic rings. The molecular formula is C55H85NO13. The van der Waals surface area contributed by atoms with Crippen LogP contribution in [0.5, 0.6) is 0 Å². The van der Waals surface area contributed by atoms with E-state index in [9.17, 15) is 39.6 Å². The highest BCUT2D eigenvalue weighted by Crippen LogP contribution is 2.38. The number of esters is 1. The van der Waals surface area contributed by atoms with Crippen molar-refractivity contribution in [3.05, 3.63) is 47.6 Å². The molecule has 0 unspecified atom stereocenters. The van der Waals surface area contributed by atoms with Crippen LogP contribution in [0.15, 0.2) is 47.6 Å². The molecule has 4 rings (SSSR count). The van der Waals surface area contributed by atoms with Crippen molar-refractivity contribution in [2.75, 3.05) is 27.4 Å². The number of ketones is 2. The molecule has 0 aromatic carbocycles. The van der Waals surface area contributed by atoms with Crippen molar-refractivity contribution in [1.82, 2.24) is 4.90 Å². The Morgan fingerprint density at radius 1 is 0.855 bits per heavy atom. The maximum Gasteiger partial charge on any atom is 0.329 e. The molecule has 0 radical (unpaired) electrons. The highest BCUT2D eigenvalue weighted by atomic mass is 16.6. The summed E-state index contributed by atoms with van der Waals surface area (Å²) in [6, 6.07) is -1.12. The second kappa shape index (κ2) is 27.9. The molecule has 14 heteroatoms. The number of carbonyl (C=O) groups is 4. The number of cyclic esters (lactones) is 1. The summed E-state index contributed by atoms with van der Waals surface area (Å²) in [5.74, 6) is -1.37. The summed E-state index contributed by atoms with van der Waals surface area (Å²) < 4.78 is 30.0. The standard InChI is InChI=1S/C55H85NO13/c1-11-12-18-27-67-46-32-42-24-22-40(8)55(64,69-42)52(61)53(62)56-26-17-16-21-43(56)54(63)68-47(37(5)30-41-23-25-44(57)48(31-41)65-9)33-45(58)36(4)29-39(7)50(60)51(66-10)49(59)38(6)28-34(2)19-14-13-15-20-35(46)3/h13-15,19-20,29,34,36-38,40-48,50-51,57-58,60,64H,11,16-17,21-28,30-33H2,1-10H3/b15-13+,19-14-,35-20+,39-29+/t34-,36+,37+,38+,40+,41+,42-,43-,44+,45+,46-,47-,48+,50+,51-,55+/m0/s1. The Labute approximate surface area is 412 Å². The van der Waals surface area contributed by atoms with Crippen molar-refractivity contribution in [3.8, 4) is 11.8 Å². The van der Waals surface area contributed by atoms with Crippen LogP contribution in [-0.4, -0.2) is 137 Å². The van der Waals surface area contributed by atoms with E-state index in [1.165, 1.54) is 12.0 Å². The van der Waals surface area contributed by atoms with Gasteiger partial charge in [0.05, 0.1) is 30.5 Å². The summed E-state index contributed by atoms with van der Waals surface area (Å²) >= 11 is 0. The molecular weight excluding hydrogens is 883 g/mol. The minimum Gasteiger partial charge on any atom is -0.460 e. The molecule has 1 amide bonds. The SMILES string of the molecule is CCC#CCO[C@H]1C[C@@H]2CC[C@@H](C)[C@@](O)(O2)C(=O)C(=O)N2CCCC[C@H]2C(=O)O[C@H]([C@H](C)C[C@H]2CC[C@@H](O)[C@H](OC)C2)C[C@@H](O)[C@H](C)/C=C(\C)[C@@H](O)[C@@H](OC)C(=O)[C@H](C)C[C@@H](C)\C=C/C=C/C=C/1C. The largest absolute Gasteiger partial charge is 0.460 e. The summed E-state index contributed by atoms with van der Waals surface area (Å²) in [6.45, 7) is 15.1. The van der Waals surface area contributed by atoms with Gasteiger partial charge in [-0.25, -0.2) is 4.79 Å². The highest BCUT2D eigenvalue weighted by Gasteiger charge is 2.53. The lowest BCUT2D eigenvalue weighted by Gasteiger charge is -2.43. The molecule has 0 aromatic heterocycles. The number of Topliss-reactive ketones (excluding diaryl/α,β-unsaturated/α-hetero) is 2. The predicted octanol–water partition coefficient (Wildman–Crippen LogP) is 6.76. The first-order valence-corrected chi connectivity index (χ1v) is 25.6. The van der Waals surface area contributed by atoms with E-state index >= 15 is 0 Å². The zero-order valence-corrected chi connectivity index (χ0v) is 43.1. The number of hydrogen-bond acceptors (Lipinski definition) is 13. The summed E-state index contributed by atoms with van der Waals surface area (Å²) in [7, 11) is 2.97. The molecule has 16 atom stereocenters. The zero-order valence-electron chi connectivity index (χ0n) is 43.1. The maximum absolute atomic E-state index is 14.5. The Kier molecular flexibility index (Phi) is 23.5. The molecule has 3 aliphatic heterocycles. The van der Waals surface area contributed by atoms with Gasteiger partial charge >= 0.3 is 5.97 Å². The van der Waals surface area contributed by atoms with Gasteiger partial charge in [0.1, 0.15) is 31.0 Å². The Morgan fingerprint density at radius 2 is 1.59 bits per heavy atom. The van der Waals surface area contributed by atoms with Gasteiger partial charge in [-0.1, -0.05) is 83.9 Å². The molecule has 3 heterocycles. The predicted molar refractivity (Wildman–Crippen MR) is 263 cm³/mol. The third kappa shape index (κ3) is 16.2. The van der Waals surface area contributed by atoms with E-state index in [2.05, 4.69) is 11.8 Å². The third-order valence-electron chi connectivity index (χ3n) is 15.0. The summed E-state index contributed by atoms with van der Waals surface area (Å²) in [5.41, 5.74) is 1.30. The summed E-state index contributed by atoms with van der Waals surface area (Å²) in [5, 5.41) is 45.9. The molecule has 388 valence electrons. The van der Waals surface area contributed by atoms with E-state index in [0.717, 1.165) is 12.0 Å². The second-order valence-corrected chi connectivity index (χ2v) is 20.6. The number of nitrogens with zero attached hydrogens (tertiary/aromatic N) is 1. The fourth-order valence-electron chi connectivity index (χ4n) is 10.5. The van der Waals surface area contributed by atoms with E-state index < -0.39 is 90.0 Å². The van der Waals surface area contributed by atoms with Crippen LogP contribution in [-0.2, 0) is 42.9 Å². The Bertz CT molecular complexity index is 1880. The first-order valence-electron chi connectivity index (χ1n) is 25.6. The van der Waals surface area contributed by atoms with Gasteiger partial charge in [0.2, 0.25) is 5.79 Å². The normalized spacial score (nSPS) is 39.6. The van der Waals surface area contributed by atoms with Crippen molar-refractivity contribution in [2.24, 2.45) is 35.5 Å². The Hall–Kier alpha value is -3.52. The molecule has 3 fully saturated rings. The van der Waals surface area contributed by atoms with E-state index in [4.69, 9.17) is 23.7 Å². The number of amides is 1. The lowest BCUT2D eigenvalue weighted by Crippen LogP contribution is -2.61. The Balaban J connectivity index is 1.72. The maximum atomic E-state index is 14.5.